The second kappa shape index (κ2) is 6.99. The van der Waals surface area contributed by atoms with Crippen molar-refractivity contribution in [1.29, 1.82) is 0 Å². The Morgan fingerprint density at radius 2 is 1.84 bits per heavy atom. The Bertz CT molecular complexity index is 708. The highest BCUT2D eigenvalue weighted by Crippen LogP contribution is 2.65. The van der Waals surface area contributed by atoms with Crippen molar-refractivity contribution in [2.24, 2.45) is 0 Å². The van der Waals surface area contributed by atoms with Crippen molar-refractivity contribution in [1.82, 2.24) is 0 Å². The van der Waals surface area contributed by atoms with Crippen LogP contribution in [0.5, 0.6) is 11.5 Å². The van der Waals surface area contributed by atoms with E-state index in [-0.39, 0.29) is 30.3 Å². The number of hydrogen-bond donors (Lipinski definition) is 1. The van der Waals surface area contributed by atoms with Crippen LogP contribution in [0, 0.1) is 0 Å². The topological polar surface area (TPSA) is 74.2 Å². The summed E-state index contributed by atoms with van der Waals surface area (Å²) in [5, 5.41) is 9.29. The highest BCUT2D eigenvalue weighted by Gasteiger charge is 2.66. The smallest absolute Gasteiger partial charge is 0.460 e. The minimum absolute atomic E-state index is 0.0156. The largest absolute Gasteiger partial charge is 0.493 e. The lowest BCUT2D eigenvalue weighted by atomic mass is 10.1. The van der Waals surface area contributed by atoms with Crippen LogP contribution in [0.1, 0.15) is 19.4 Å². The Hall–Kier alpha value is -1.54. The molecular weight excluding hydrogens is 364 g/mol. The van der Waals surface area contributed by atoms with E-state index >= 15 is 0 Å². The van der Waals surface area contributed by atoms with Gasteiger partial charge in [0.1, 0.15) is 5.31 Å². The van der Waals surface area contributed by atoms with Gasteiger partial charge >= 0.3 is 19.6 Å². The Balaban J connectivity index is 2.74. The molecule has 0 saturated heterocycles. The molecule has 0 fully saturated rings. The van der Waals surface area contributed by atoms with Crippen LogP contribution in [0.4, 0.5) is 13.2 Å². The van der Waals surface area contributed by atoms with E-state index in [0.29, 0.717) is 0 Å². The lowest BCUT2D eigenvalue weighted by molar-refractivity contribution is -0.314. The molecule has 0 amide bonds. The van der Waals surface area contributed by atoms with E-state index in [0.717, 1.165) is 6.08 Å². The monoisotopic (exact) mass is 382 g/mol. The molecule has 1 aromatic rings. The van der Waals surface area contributed by atoms with E-state index in [1.807, 2.05) is 0 Å². The summed E-state index contributed by atoms with van der Waals surface area (Å²) in [6.07, 6.45) is -4.40. The fourth-order valence-electron chi connectivity index (χ4n) is 2.35. The number of alkyl halides is 3. The summed E-state index contributed by atoms with van der Waals surface area (Å²) in [5.74, 6) is -4.22. The summed E-state index contributed by atoms with van der Waals surface area (Å²) in [5.41, 5.74) is 0.142. The minimum Gasteiger partial charge on any atom is -0.493 e. The first kappa shape index (κ1) is 19.8. The van der Waals surface area contributed by atoms with Gasteiger partial charge in [-0.1, -0.05) is 12.1 Å². The zero-order valence-electron chi connectivity index (χ0n) is 13.8. The summed E-state index contributed by atoms with van der Waals surface area (Å²) >= 11 is 0. The van der Waals surface area contributed by atoms with Crippen LogP contribution in [0.2, 0.25) is 0 Å². The summed E-state index contributed by atoms with van der Waals surface area (Å²) < 4.78 is 73.6. The third-order valence-corrected chi connectivity index (χ3v) is 5.61. The van der Waals surface area contributed by atoms with Gasteiger partial charge in [0.2, 0.25) is 0 Å². The van der Waals surface area contributed by atoms with Gasteiger partial charge in [0.15, 0.2) is 11.5 Å². The molecule has 25 heavy (non-hydrogen) atoms. The first-order valence-corrected chi connectivity index (χ1v) is 8.94. The van der Waals surface area contributed by atoms with E-state index < -0.39 is 24.9 Å². The van der Waals surface area contributed by atoms with Crippen molar-refractivity contribution in [3.63, 3.8) is 0 Å². The first-order valence-electron chi connectivity index (χ1n) is 7.40. The maximum absolute atomic E-state index is 13.6. The van der Waals surface area contributed by atoms with Crippen molar-refractivity contribution in [3.05, 3.63) is 29.1 Å². The SMILES string of the molecule is CCOP(=O)(OCC)C1=Cc2cccc(OC)c2OC1(O)C(F)(F)F. The molecule has 0 aliphatic carbocycles. The molecule has 1 N–H and O–H groups in total. The fourth-order valence-corrected chi connectivity index (χ4v) is 4.22. The van der Waals surface area contributed by atoms with Gasteiger partial charge in [-0.2, -0.15) is 13.2 Å². The fraction of sp³-hybridized carbons (Fsp3) is 0.467. The standard InChI is InChI=1S/C15H18F3O6P/c1-4-22-25(20,23-5-2)12-9-10-7-6-8-11(21-3)13(10)24-14(12,19)15(16,17)18/h6-9,19H,4-5H2,1-3H3. The van der Waals surface area contributed by atoms with Crippen molar-refractivity contribution >= 4 is 13.7 Å². The van der Waals surface area contributed by atoms with Gasteiger partial charge in [-0.05, 0) is 26.0 Å². The van der Waals surface area contributed by atoms with E-state index in [9.17, 15) is 22.8 Å². The number of hydrogen-bond acceptors (Lipinski definition) is 6. The molecule has 0 aromatic heterocycles. The third kappa shape index (κ3) is 3.42. The third-order valence-electron chi connectivity index (χ3n) is 3.40. The number of benzene rings is 1. The van der Waals surface area contributed by atoms with Gasteiger partial charge in [-0.3, -0.25) is 4.57 Å². The molecule has 140 valence electrons. The van der Waals surface area contributed by atoms with E-state index in [1.165, 1.54) is 39.2 Å². The summed E-state index contributed by atoms with van der Waals surface area (Å²) in [4.78, 5) is 0. The second-order valence-corrected chi connectivity index (χ2v) is 6.98. The van der Waals surface area contributed by atoms with Crippen molar-refractivity contribution in [3.8, 4) is 11.5 Å². The Labute approximate surface area is 142 Å². The van der Waals surface area contributed by atoms with Gasteiger partial charge in [0.25, 0.3) is 0 Å². The number of aliphatic hydroxyl groups is 1. The molecular formula is C15H18F3O6P. The molecule has 1 atom stereocenters. The number of ether oxygens (including phenoxy) is 2. The Morgan fingerprint density at radius 1 is 1.24 bits per heavy atom. The molecule has 0 bridgehead atoms. The number of rotatable bonds is 6. The van der Waals surface area contributed by atoms with Gasteiger partial charge < -0.3 is 23.6 Å². The van der Waals surface area contributed by atoms with Crippen LogP contribution in [-0.4, -0.2) is 37.4 Å². The Kier molecular flexibility index (Phi) is 5.53. The summed E-state index contributed by atoms with van der Waals surface area (Å²) in [6.45, 7) is 2.51. The molecule has 0 radical (unpaired) electrons. The van der Waals surface area contributed by atoms with Crippen LogP contribution in [0.3, 0.4) is 0 Å². The molecule has 0 saturated carbocycles. The highest BCUT2D eigenvalue weighted by molar-refractivity contribution is 7.58. The lowest BCUT2D eigenvalue weighted by Crippen LogP contribution is -2.53. The summed E-state index contributed by atoms with van der Waals surface area (Å²) in [6, 6.07) is 4.31. The summed E-state index contributed by atoms with van der Waals surface area (Å²) in [7, 11) is -3.22. The van der Waals surface area contributed by atoms with Crippen LogP contribution in [-0.2, 0) is 13.6 Å². The van der Waals surface area contributed by atoms with Crippen LogP contribution in [0.25, 0.3) is 6.08 Å². The average Bonchev–Trinajstić information content (AvgIpc) is 2.53. The number of para-hydroxylation sites is 1. The van der Waals surface area contributed by atoms with Gasteiger partial charge in [0.05, 0.1) is 20.3 Å². The number of fused-ring (bicyclic) bond motifs is 1. The zero-order chi connectivity index (χ0) is 18.9. The molecule has 0 spiro atoms. The van der Waals surface area contributed by atoms with Crippen LogP contribution < -0.4 is 9.47 Å². The molecule has 1 aromatic carbocycles. The molecule has 10 heteroatoms. The van der Waals surface area contributed by atoms with E-state index in [4.69, 9.17) is 18.5 Å². The quantitative estimate of drug-likeness (QED) is 0.752. The van der Waals surface area contributed by atoms with Crippen molar-refractivity contribution in [2.45, 2.75) is 25.8 Å². The number of halogens is 3. The van der Waals surface area contributed by atoms with E-state index in [1.54, 1.807) is 0 Å². The van der Waals surface area contributed by atoms with Gasteiger partial charge in [-0.15, -0.1) is 0 Å². The van der Waals surface area contributed by atoms with Crippen LogP contribution in [0.15, 0.2) is 23.5 Å². The zero-order valence-corrected chi connectivity index (χ0v) is 14.7. The van der Waals surface area contributed by atoms with E-state index in [2.05, 4.69) is 0 Å². The second-order valence-electron chi connectivity index (χ2n) is 4.99. The average molecular weight is 382 g/mol. The lowest BCUT2D eigenvalue weighted by Gasteiger charge is -2.38. The van der Waals surface area contributed by atoms with Gasteiger partial charge in [0, 0.05) is 5.56 Å². The highest BCUT2D eigenvalue weighted by atomic mass is 31.2. The number of methoxy groups -OCH3 is 1. The van der Waals surface area contributed by atoms with Crippen molar-refractivity contribution < 1.29 is 41.4 Å². The molecule has 6 nitrogen and oxygen atoms in total. The predicted molar refractivity (Wildman–Crippen MR) is 83.5 cm³/mol. The Morgan fingerprint density at radius 3 is 2.32 bits per heavy atom. The maximum Gasteiger partial charge on any atom is 0.460 e. The first-order chi connectivity index (χ1) is 11.6. The van der Waals surface area contributed by atoms with Gasteiger partial charge in [-0.25, -0.2) is 0 Å². The van der Waals surface area contributed by atoms with Crippen molar-refractivity contribution in [2.75, 3.05) is 20.3 Å². The predicted octanol–water partition coefficient (Wildman–Crippen LogP) is 3.95. The minimum atomic E-state index is -5.30. The maximum atomic E-state index is 13.6. The molecule has 1 unspecified atom stereocenters. The molecule has 2 rings (SSSR count). The van der Waals surface area contributed by atoms with Crippen LogP contribution >= 0.6 is 7.60 Å². The molecule has 1 heterocycles. The molecule has 1 aliphatic rings. The molecule has 1 aliphatic heterocycles. The normalized spacial score (nSPS) is 20.5.